The lowest BCUT2D eigenvalue weighted by atomic mass is 9.53. The van der Waals surface area contributed by atoms with Crippen LogP contribution in [0.15, 0.2) is 48.5 Å². The summed E-state index contributed by atoms with van der Waals surface area (Å²) in [7, 11) is 0. The zero-order valence-electron chi connectivity index (χ0n) is 34.0. The molecule has 0 heterocycles. The van der Waals surface area contributed by atoms with E-state index in [1.807, 2.05) is 0 Å². The van der Waals surface area contributed by atoms with Crippen molar-refractivity contribution in [2.24, 2.45) is 17.3 Å². The van der Waals surface area contributed by atoms with E-state index in [4.69, 9.17) is 0 Å². The van der Waals surface area contributed by atoms with E-state index < -0.39 is 63.7 Å². The summed E-state index contributed by atoms with van der Waals surface area (Å²) in [4.78, 5) is 0. The largest absolute Gasteiger partial charge is 0.507 e. The van der Waals surface area contributed by atoms with Crippen molar-refractivity contribution < 1.29 is 61.3 Å². The monoisotopic (exact) mass is 816 g/mol. The fourth-order valence-electron chi connectivity index (χ4n) is 10.6. The summed E-state index contributed by atoms with van der Waals surface area (Å²) in [6, 6.07) is 14.0. The van der Waals surface area contributed by atoms with Crippen LogP contribution in [0.1, 0.15) is 132 Å². The number of benzene rings is 4. The zero-order valence-corrected chi connectivity index (χ0v) is 34.0. The van der Waals surface area contributed by atoms with Crippen molar-refractivity contribution in [3.8, 4) is 23.0 Å². The molecule has 0 spiro atoms. The summed E-state index contributed by atoms with van der Waals surface area (Å²) < 4.78 is 0. The highest BCUT2D eigenvalue weighted by atomic mass is 16.3. The molecule has 59 heavy (non-hydrogen) atoms. The molecule has 0 unspecified atom stereocenters. The van der Waals surface area contributed by atoms with Crippen LogP contribution in [0.4, 0.5) is 0 Å². The molecule has 2 fully saturated rings. The molecule has 0 bridgehead atoms. The minimum absolute atomic E-state index is 0.171. The van der Waals surface area contributed by atoms with Crippen LogP contribution in [0.3, 0.4) is 0 Å². The third kappa shape index (κ3) is 7.81. The number of aliphatic hydroxyl groups is 8. The second kappa shape index (κ2) is 17.8. The molecule has 12 nitrogen and oxygen atoms in total. The second-order valence-electron chi connectivity index (χ2n) is 17.4. The van der Waals surface area contributed by atoms with Crippen LogP contribution in [0.2, 0.25) is 0 Å². The first-order valence-corrected chi connectivity index (χ1v) is 20.5. The molecule has 2 aliphatic carbocycles. The topological polar surface area (TPSA) is 243 Å². The van der Waals surface area contributed by atoms with E-state index in [0.29, 0.717) is 25.7 Å². The molecule has 0 atom stereocenters. The molecule has 6 rings (SSSR count). The number of aliphatic hydroxyl groups excluding tert-OH is 8. The SMILES string of the molecule is CC(C)(C1CCC(c2cc(CO)c(O)c(CO)c2)(c2cc(CO)c(O)c(CO)c2)CC1)C1CCC(c2cc(CO)c(O)c(CO)c2)(c2cc(CO)c(O)c(CO)c2)CC1. The van der Waals surface area contributed by atoms with Gasteiger partial charge in [-0.15, -0.1) is 0 Å². The average Bonchev–Trinajstić information content (AvgIpc) is 3.26. The number of hydrogen-bond acceptors (Lipinski definition) is 12. The molecule has 4 aromatic carbocycles. The fraction of sp³-hybridized carbons (Fsp3) is 0.489. The maximum atomic E-state index is 10.8. The normalized spacial score (nSPS) is 17.4. The summed E-state index contributed by atoms with van der Waals surface area (Å²) >= 11 is 0. The Hall–Kier alpha value is -4.24. The first-order chi connectivity index (χ1) is 28.2. The van der Waals surface area contributed by atoms with Gasteiger partial charge in [-0.25, -0.2) is 0 Å². The molecule has 0 aromatic heterocycles. The quantitative estimate of drug-likeness (QED) is 0.0793. The van der Waals surface area contributed by atoms with Crippen LogP contribution in [-0.2, 0) is 63.7 Å². The Kier molecular flexibility index (Phi) is 13.3. The van der Waals surface area contributed by atoms with Gasteiger partial charge in [-0.2, -0.15) is 0 Å². The van der Waals surface area contributed by atoms with Crippen molar-refractivity contribution in [1.82, 2.24) is 0 Å². The van der Waals surface area contributed by atoms with Crippen molar-refractivity contribution in [3.05, 3.63) is 115 Å². The Balaban J connectivity index is 1.36. The molecule has 12 N–H and O–H groups in total. The van der Waals surface area contributed by atoms with Crippen LogP contribution in [0, 0.1) is 17.3 Å². The number of aromatic hydroxyl groups is 4. The third-order valence-electron chi connectivity index (χ3n) is 14.4. The molecule has 2 aliphatic rings. The molecule has 12 heteroatoms. The van der Waals surface area contributed by atoms with Crippen LogP contribution in [0.5, 0.6) is 23.0 Å². The van der Waals surface area contributed by atoms with Gasteiger partial charge in [0.2, 0.25) is 0 Å². The summed E-state index contributed by atoms with van der Waals surface area (Å²) in [6.45, 7) is 1.05. The summed E-state index contributed by atoms with van der Waals surface area (Å²) in [5, 5.41) is 125. The van der Waals surface area contributed by atoms with Gasteiger partial charge in [0.25, 0.3) is 0 Å². The average molecular weight is 817 g/mol. The third-order valence-corrected chi connectivity index (χ3v) is 14.4. The van der Waals surface area contributed by atoms with E-state index in [1.165, 1.54) is 0 Å². The molecular formula is C47H60O12. The van der Waals surface area contributed by atoms with Gasteiger partial charge in [-0.1, -0.05) is 13.8 Å². The van der Waals surface area contributed by atoms with Crippen molar-refractivity contribution >= 4 is 0 Å². The van der Waals surface area contributed by atoms with Gasteiger partial charge in [-0.05, 0) is 139 Å². The van der Waals surface area contributed by atoms with E-state index >= 15 is 0 Å². The van der Waals surface area contributed by atoms with Crippen molar-refractivity contribution in [1.29, 1.82) is 0 Å². The predicted octanol–water partition coefficient (Wildman–Crippen LogP) is 5.13. The van der Waals surface area contributed by atoms with Crippen molar-refractivity contribution in [3.63, 3.8) is 0 Å². The van der Waals surface area contributed by atoms with Gasteiger partial charge < -0.3 is 61.3 Å². The molecule has 0 radical (unpaired) electrons. The van der Waals surface area contributed by atoms with Crippen molar-refractivity contribution in [2.45, 2.75) is 129 Å². The molecule has 2 saturated carbocycles. The Labute approximate surface area is 345 Å². The highest BCUT2D eigenvalue weighted by Gasteiger charge is 2.49. The maximum Gasteiger partial charge on any atom is 0.126 e. The zero-order chi connectivity index (χ0) is 42.9. The van der Waals surface area contributed by atoms with E-state index in [2.05, 4.69) is 13.8 Å². The molecular weight excluding hydrogens is 757 g/mol. The Morgan fingerprint density at radius 3 is 0.695 bits per heavy atom. The second-order valence-corrected chi connectivity index (χ2v) is 17.4. The Morgan fingerprint density at radius 2 is 0.542 bits per heavy atom. The minimum atomic E-state index is -0.710. The maximum absolute atomic E-state index is 10.8. The Morgan fingerprint density at radius 1 is 0.373 bits per heavy atom. The molecule has 0 amide bonds. The fourth-order valence-corrected chi connectivity index (χ4v) is 10.6. The van der Waals surface area contributed by atoms with Crippen LogP contribution in [0.25, 0.3) is 0 Å². The first-order valence-electron chi connectivity index (χ1n) is 20.5. The van der Waals surface area contributed by atoms with E-state index in [-0.39, 0.29) is 84.8 Å². The lowest BCUT2D eigenvalue weighted by molar-refractivity contribution is 0.0363. The van der Waals surface area contributed by atoms with E-state index in [1.54, 1.807) is 48.5 Å². The van der Waals surface area contributed by atoms with E-state index in [9.17, 15) is 61.3 Å². The lowest BCUT2D eigenvalue weighted by Gasteiger charge is -2.52. The number of rotatable bonds is 14. The van der Waals surface area contributed by atoms with Gasteiger partial charge in [0.05, 0.1) is 52.9 Å². The first kappa shape index (κ1) is 44.3. The van der Waals surface area contributed by atoms with Gasteiger partial charge >= 0.3 is 0 Å². The van der Waals surface area contributed by atoms with Gasteiger partial charge in [0, 0.05) is 55.3 Å². The van der Waals surface area contributed by atoms with Crippen LogP contribution >= 0.6 is 0 Å². The summed E-state index contributed by atoms with van der Waals surface area (Å²) in [5.74, 6) is -0.190. The minimum Gasteiger partial charge on any atom is -0.507 e. The number of phenols is 4. The number of hydrogen-bond donors (Lipinski definition) is 12. The van der Waals surface area contributed by atoms with Crippen LogP contribution < -0.4 is 0 Å². The predicted molar refractivity (Wildman–Crippen MR) is 219 cm³/mol. The Bertz CT molecular complexity index is 1750. The lowest BCUT2D eigenvalue weighted by Crippen LogP contribution is -2.43. The molecule has 4 aromatic rings. The van der Waals surface area contributed by atoms with Gasteiger partial charge in [-0.3, -0.25) is 0 Å². The van der Waals surface area contributed by atoms with Gasteiger partial charge in [0.1, 0.15) is 23.0 Å². The molecule has 0 aliphatic heterocycles. The van der Waals surface area contributed by atoms with Crippen LogP contribution in [-0.4, -0.2) is 61.3 Å². The van der Waals surface area contributed by atoms with E-state index in [0.717, 1.165) is 47.9 Å². The highest BCUT2D eigenvalue weighted by Crippen LogP contribution is 2.58. The smallest absolute Gasteiger partial charge is 0.126 e. The highest BCUT2D eigenvalue weighted by molar-refractivity contribution is 5.55. The summed E-state index contributed by atoms with van der Waals surface area (Å²) in [6.07, 6.45) is 5.61. The molecule has 320 valence electrons. The van der Waals surface area contributed by atoms with Gasteiger partial charge in [0.15, 0.2) is 0 Å². The van der Waals surface area contributed by atoms with Crippen molar-refractivity contribution in [2.75, 3.05) is 0 Å². The standard InChI is InChI=1S/C47H60O12/c1-45(2,35-3-7-46(8-4-35,37-11-27(19-48)41(56)28(12-37)20-49)38-13-29(21-50)42(57)30(14-38)22-51)36-5-9-47(10-6-36,39-15-31(23-52)43(58)32(16-39)24-53)40-17-33(25-54)44(59)34(18-40)26-55/h11-18,35-36,48-59H,3-10,19-26H2,1-2H3. The summed E-state index contributed by atoms with van der Waals surface area (Å²) in [5.41, 5.74) is 3.72. The molecule has 0 saturated heterocycles.